The van der Waals surface area contributed by atoms with E-state index in [0.717, 1.165) is 24.7 Å². The zero-order valence-corrected chi connectivity index (χ0v) is 8.71. The van der Waals surface area contributed by atoms with Gasteiger partial charge in [0.2, 0.25) is 0 Å². The lowest BCUT2D eigenvalue weighted by molar-refractivity contribution is -0.107. The molecule has 0 saturated carbocycles. The van der Waals surface area contributed by atoms with E-state index < -0.39 is 0 Å². The fraction of sp³-hybridized carbons (Fsp3) is 0.417. The van der Waals surface area contributed by atoms with Gasteiger partial charge < -0.3 is 9.90 Å². The van der Waals surface area contributed by atoms with Crippen molar-refractivity contribution < 1.29 is 9.90 Å². The number of carbonyl (C=O) groups excluding carboxylic acids is 1. The van der Waals surface area contributed by atoms with E-state index in [0.29, 0.717) is 12.2 Å². The summed E-state index contributed by atoms with van der Waals surface area (Å²) in [4.78, 5) is 10.2. The number of aromatic hydroxyl groups is 1. The first-order valence-corrected chi connectivity index (χ1v) is 4.88. The Balaban J connectivity index is 2.83. The molecule has 0 aliphatic rings. The number of aryl methyl sites for hydroxylation is 1. The highest BCUT2D eigenvalue weighted by molar-refractivity contribution is 5.49. The van der Waals surface area contributed by atoms with Crippen LogP contribution in [0.2, 0.25) is 0 Å². The number of phenols is 1. The predicted molar refractivity (Wildman–Crippen MR) is 56.6 cm³/mol. The Morgan fingerprint density at radius 1 is 1.36 bits per heavy atom. The van der Waals surface area contributed by atoms with Crippen LogP contribution in [0, 0.1) is 13.8 Å². The topological polar surface area (TPSA) is 37.3 Å². The Bertz CT molecular complexity index is 329. The van der Waals surface area contributed by atoms with Crippen molar-refractivity contribution in [1.29, 1.82) is 0 Å². The second kappa shape index (κ2) is 4.80. The number of aldehydes is 1. The van der Waals surface area contributed by atoms with Crippen molar-refractivity contribution in [1.82, 2.24) is 0 Å². The Morgan fingerprint density at radius 2 is 2.07 bits per heavy atom. The molecule has 76 valence electrons. The number of hydrogen-bond acceptors (Lipinski definition) is 2. The third kappa shape index (κ3) is 2.34. The van der Waals surface area contributed by atoms with E-state index in [9.17, 15) is 9.90 Å². The highest BCUT2D eigenvalue weighted by Crippen LogP contribution is 2.24. The van der Waals surface area contributed by atoms with E-state index in [4.69, 9.17) is 0 Å². The van der Waals surface area contributed by atoms with E-state index in [-0.39, 0.29) is 0 Å². The Hall–Kier alpha value is -1.31. The van der Waals surface area contributed by atoms with Crippen LogP contribution in [0.1, 0.15) is 29.5 Å². The first-order chi connectivity index (χ1) is 6.66. The van der Waals surface area contributed by atoms with Crippen LogP contribution in [0.5, 0.6) is 5.75 Å². The van der Waals surface area contributed by atoms with Crippen molar-refractivity contribution in [3.05, 3.63) is 28.8 Å². The first kappa shape index (κ1) is 10.8. The Kier molecular flexibility index (Phi) is 3.69. The average molecular weight is 192 g/mol. The molecule has 2 heteroatoms. The van der Waals surface area contributed by atoms with Gasteiger partial charge in [-0.2, -0.15) is 0 Å². The summed E-state index contributed by atoms with van der Waals surface area (Å²) in [6, 6.07) is 3.63. The second-order valence-electron chi connectivity index (χ2n) is 3.56. The molecule has 1 N–H and O–H groups in total. The molecule has 1 aromatic carbocycles. The molecule has 0 unspecified atom stereocenters. The van der Waals surface area contributed by atoms with Crippen LogP contribution in [0.3, 0.4) is 0 Å². The summed E-state index contributed by atoms with van der Waals surface area (Å²) in [5.41, 5.74) is 3.30. The van der Waals surface area contributed by atoms with Crippen molar-refractivity contribution in [2.24, 2.45) is 0 Å². The van der Waals surface area contributed by atoms with Gasteiger partial charge in [0.1, 0.15) is 12.0 Å². The molecule has 1 rings (SSSR count). The van der Waals surface area contributed by atoms with E-state index in [2.05, 4.69) is 0 Å². The number of hydrogen-bond donors (Lipinski definition) is 1. The molecule has 2 nitrogen and oxygen atoms in total. The maximum absolute atomic E-state index is 10.2. The number of carbonyl (C=O) groups is 1. The van der Waals surface area contributed by atoms with Gasteiger partial charge in [0.25, 0.3) is 0 Å². The third-order valence-corrected chi connectivity index (χ3v) is 2.55. The standard InChI is InChI=1S/C12H16O2/c1-9-6-7-12(14)10(2)11(9)5-3-4-8-13/h6-8,14H,3-5H2,1-2H3. The molecule has 14 heavy (non-hydrogen) atoms. The molecule has 0 aromatic heterocycles. The van der Waals surface area contributed by atoms with Gasteiger partial charge >= 0.3 is 0 Å². The highest BCUT2D eigenvalue weighted by atomic mass is 16.3. The van der Waals surface area contributed by atoms with E-state index in [1.54, 1.807) is 6.07 Å². The van der Waals surface area contributed by atoms with Gasteiger partial charge in [0, 0.05) is 6.42 Å². The summed E-state index contributed by atoms with van der Waals surface area (Å²) in [5, 5.41) is 9.51. The minimum Gasteiger partial charge on any atom is -0.508 e. The average Bonchev–Trinajstić information content (AvgIpc) is 2.18. The summed E-state index contributed by atoms with van der Waals surface area (Å²) >= 11 is 0. The zero-order valence-electron chi connectivity index (χ0n) is 8.71. The minimum absolute atomic E-state index is 0.344. The Labute approximate surface area is 84.6 Å². The highest BCUT2D eigenvalue weighted by Gasteiger charge is 2.05. The molecule has 0 atom stereocenters. The molecular formula is C12H16O2. The fourth-order valence-electron chi connectivity index (χ4n) is 1.63. The quantitative estimate of drug-likeness (QED) is 0.588. The number of phenolic OH excluding ortho intramolecular Hbond substituents is 1. The summed E-state index contributed by atoms with van der Waals surface area (Å²) in [5.74, 6) is 0.344. The molecule has 0 radical (unpaired) electrons. The summed E-state index contributed by atoms with van der Waals surface area (Å²) in [7, 11) is 0. The normalized spacial score (nSPS) is 10.1. The third-order valence-electron chi connectivity index (χ3n) is 2.55. The van der Waals surface area contributed by atoms with Gasteiger partial charge in [0.15, 0.2) is 0 Å². The predicted octanol–water partition coefficient (Wildman–Crippen LogP) is 2.53. The van der Waals surface area contributed by atoms with Crippen LogP contribution in [-0.2, 0) is 11.2 Å². The molecule has 0 spiro atoms. The van der Waals surface area contributed by atoms with Crippen molar-refractivity contribution in [2.75, 3.05) is 0 Å². The van der Waals surface area contributed by atoms with Crippen LogP contribution in [0.4, 0.5) is 0 Å². The number of rotatable bonds is 4. The maximum atomic E-state index is 10.2. The summed E-state index contributed by atoms with van der Waals surface area (Å²) in [6.07, 6.45) is 3.25. The van der Waals surface area contributed by atoms with E-state index in [1.807, 2.05) is 19.9 Å². The van der Waals surface area contributed by atoms with Crippen molar-refractivity contribution in [3.63, 3.8) is 0 Å². The van der Waals surface area contributed by atoms with Crippen molar-refractivity contribution in [3.8, 4) is 5.75 Å². The largest absolute Gasteiger partial charge is 0.508 e. The van der Waals surface area contributed by atoms with Crippen LogP contribution < -0.4 is 0 Å². The fourth-order valence-corrected chi connectivity index (χ4v) is 1.63. The zero-order chi connectivity index (χ0) is 10.6. The smallest absolute Gasteiger partial charge is 0.120 e. The monoisotopic (exact) mass is 192 g/mol. The van der Waals surface area contributed by atoms with Crippen LogP contribution in [-0.4, -0.2) is 11.4 Å². The second-order valence-corrected chi connectivity index (χ2v) is 3.56. The number of benzene rings is 1. The molecule has 0 saturated heterocycles. The van der Waals surface area contributed by atoms with Crippen LogP contribution in [0.15, 0.2) is 12.1 Å². The summed E-state index contributed by atoms with van der Waals surface area (Å²) in [6.45, 7) is 3.95. The van der Waals surface area contributed by atoms with E-state index in [1.165, 1.54) is 11.1 Å². The van der Waals surface area contributed by atoms with Gasteiger partial charge in [-0.05, 0) is 49.4 Å². The maximum Gasteiger partial charge on any atom is 0.120 e. The molecule has 0 aliphatic heterocycles. The molecule has 1 aromatic rings. The van der Waals surface area contributed by atoms with Gasteiger partial charge in [-0.3, -0.25) is 0 Å². The lowest BCUT2D eigenvalue weighted by Gasteiger charge is -2.10. The lowest BCUT2D eigenvalue weighted by atomic mass is 9.97. The Morgan fingerprint density at radius 3 is 2.71 bits per heavy atom. The molecular weight excluding hydrogens is 176 g/mol. The number of unbranched alkanes of at least 4 members (excludes halogenated alkanes) is 1. The van der Waals surface area contributed by atoms with Gasteiger partial charge in [-0.15, -0.1) is 0 Å². The molecule has 0 aliphatic carbocycles. The molecule has 0 heterocycles. The minimum atomic E-state index is 0.344. The van der Waals surface area contributed by atoms with Crippen LogP contribution >= 0.6 is 0 Å². The van der Waals surface area contributed by atoms with Crippen molar-refractivity contribution in [2.45, 2.75) is 33.1 Å². The first-order valence-electron chi connectivity index (χ1n) is 4.88. The van der Waals surface area contributed by atoms with Crippen LogP contribution in [0.25, 0.3) is 0 Å². The molecule has 0 bridgehead atoms. The van der Waals surface area contributed by atoms with Gasteiger partial charge in [-0.25, -0.2) is 0 Å². The molecule has 0 fully saturated rings. The van der Waals surface area contributed by atoms with Gasteiger partial charge in [-0.1, -0.05) is 6.07 Å². The van der Waals surface area contributed by atoms with Gasteiger partial charge in [0.05, 0.1) is 0 Å². The molecule has 0 amide bonds. The van der Waals surface area contributed by atoms with E-state index >= 15 is 0 Å². The van der Waals surface area contributed by atoms with Crippen molar-refractivity contribution >= 4 is 6.29 Å². The lowest BCUT2D eigenvalue weighted by Crippen LogP contribution is -1.94. The summed E-state index contributed by atoms with van der Waals surface area (Å²) < 4.78 is 0. The SMILES string of the molecule is Cc1ccc(O)c(C)c1CCCC=O.